The van der Waals surface area contributed by atoms with E-state index in [9.17, 15) is 4.79 Å². The van der Waals surface area contributed by atoms with Crippen molar-refractivity contribution in [2.75, 3.05) is 6.54 Å². The van der Waals surface area contributed by atoms with Crippen molar-refractivity contribution in [1.82, 2.24) is 24.1 Å². The quantitative estimate of drug-likeness (QED) is 0.715. The normalized spacial score (nSPS) is 15.5. The molecule has 3 aromatic heterocycles. The van der Waals surface area contributed by atoms with Crippen molar-refractivity contribution >= 4 is 16.3 Å². The van der Waals surface area contributed by atoms with E-state index in [1.54, 1.807) is 16.7 Å². The molecule has 0 saturated carbocycles. The minimum atomic E-state index is -0.00542. The largest absolute Gasteiger partial charge is 0.290 e. The van der Waals surface area contributed by atoms with Crippen molar-refractivity contribution in [2.24, 2.45) is 0 Å². The van der Waals surface area contributed by atoms with Gasteiger partial charge in [0.25, 0.3) is 5.56 Å². The number of aromatic nitrogens is 4. The number of fused-ring (bicyclic) bond motifs is 2. The van der Waals surface area contributed by atoms with Gasteiger partial charge in [-0.25, -0.2) is 4.98 Å². The van der Waals surface area contributed by atoms with E-state index in [0.29, 0.717) is 6.54 Å². The smallest absolute Gasteiger partial charge is 0.258 e. The summed E-state index contributed by atoms with van der Waals surface area (Å²) in [6.07, 6.45) is 1.77. The number of hydrogen-bond donors (Lipinski definition) is 0. The lowest BCUT2D eigenvalue weighted by molar-refractivity contribution is 0.203. The molecule has 1 aliphatic rings. The predicted octanol–water partition coefficient (Wildman–Crippen LogP) is 1.28. The third kappa shape index (κ3) is 2.28. The number of nitrogens with zero attached hydrogens (tertiary/aromatic N) is 5. The van der Waals surface area contributed by atoms with Crippen molar-refractivity contribution in [2.45, 2.75) is 26.6 Å². The molecule has 7 heteroatoms. The minimum absolute atomic E-state index is 0.00542. The maximum absolute atomic E-state index is 12.0. The molecule has 0 saturated heterocycles. The molecule has 0 N–H and O–H groups in total. The van der Waals surface area contributed by atoms with Crippen LogP contribution in [-0.2, 0) is 19.6 Å². The maximum Gasteiger partial charge on any atom is 0.258 e. The van der Waals surface area contributed by atoms with E-state index in [0.717, 1.165) is 36.0 Å². The Balaban J connectivity index is 1.59. The SMILES string of the molecule is Cc1cc2n(n1)CCN(Cc1cc(=O)n3ccsc3n1)C2. The first-order valence-electron chi connectivity index (χ1n) is 6.90. The van der Waals surface area contributed by atoms with Crippen LogP contribution in [-0.4, -0.2) is 30.6 Å². The fourth-order valence-corrected chi connectivity index (χ4v) is 3.54. The van der Waals surface area contributed by atoms with Crippen LogP contribution in [0.1, 0.15) is 17.1 Å². The summed E-state index contributed by atoms with van der Waals surface area (Å²) in [7, 11) is 0. The van der Waals surface area contributed by atoms with Crippen molar-refractivity contribution in [1.29, 1.82) is 0 Å². The summed E-state index contributed by atoms with van der Waals surface area (Å²) >= 11 is 1.49. The van der Waals surface area contributed by atoms with Crippen LogP contribution in [0.2, 0.25) is 0 Å². The van der Waals surface area contributed by atoms with Gasteiger partial charge in [-0.2, -0.15) is 5.10 Å². The van der Waals surface area contributed by atoms with Crippen LogP contribution >= 0.6 is 11.3 Å². The molecule has 3 aromatic rings. The van der Waals surface area contributed by atoms with E-state index in [4.69, 9.17) is 0 Å². The second kappa shape index (κ2) is 4.78. The third-order valence-electron chi connectivity index (χ3n) is 3.74. The molecule has 1 aliphatic heterocycles. The highest BCUT2D eigenvalue weighted by atomic mass is 32.1. The number of hydrogen-bond acceptors (Lipinski definition) is 5. The van der Waals surface area contributed by atoms with Crippen LogP contribution in [0.3, 0.4) is 0 Å². The highest BCUT2D eigenvalue weighted by molar-refractivity contribution is 7.15. The molecule has 0 aliphatic carbocycles. The molecule has 108 valence electrons. The van der Waals surface area contributed by atoms with Crippen LogP contribution in [0.5, 0.6) is 0 Å². The van der Waals surface area contributed by atoms with E-state index in [-0.39, 0.29) is 5.56 Å². The average Bonchev–Trinajstić information content (AvgIpc) is 3.03. The van der Waals surface area contributed by atoms with E-state index < -0.39 is 0 Å². The van der Waals surface area contributed by atoms with Crippen LogP contribution in [0.4, 0.5) is 0 Å². The molecule has 0 amide bonds. The fraction of sp³-hybridized carbons (Fsp3) is 0.357. The molecule has 0 radical (unpaired) electrons. The van der Waals surface area contributed by atoms with E-state index in [2.05, 4.69) is 25.7 Å². The van der Waals surface area contributed by atoms with Gasteiger partial charge in [0.15, 0.2) is 4.96 Å². The molecule has 4 heterocycles. The van der Waals surface area contributed by atoms with Gasteiger partial charge >= 0.3 is 0 Å². The monoisotopic (exact) mass is 301 g/mol. The molecule has 0 fully saturated rings. The Morgan fingerprint density at radius 1 is 1.33 bits per heavy atom. The van der Waals surface area contributed by atoms with E-state index in [1.807, 2.05) is 12.3 Å². The summed E-state index contributed by atoms with van der Waals surface area (Å²) in [5, 5.41) is 6.35. The molecular formula is C14H15N5OS. The Morgan fingerprint density at radius 3 is 3.14 bits per heavy atom. The molecule has 0 bridgehead atoms. The molecule has 0 spiro atoms. The van der Waals surface area contributed by atoms with Gasteiger partial charge in [-0.15, -0.1) is 11.3 Å². The lowest BCUT2D eigenvalue weighted by Crippen LogP contribution is -2.34. The zero-order valence-electron chi connectivity index (χ0n) is 11.7. The summed E-state index contributed by atoms with van der Waals surface area (Å²) in [4.78, 5) is 19.6. The van der Waals surface area contributed by atoms with Gasteiger partial charge in [-0.3, -0.25) is 18.8 Å². The lowest BCUT2D eigenvalue weighted by atomic mass is 10.2. The Labute approximate surface area is 125 Å². The third-order valence-corrected chi connectivity index (χ3v) is 4.50. The van der Waals surface area contributed by atoms with Gasteiger partial charge in [-0.05, 0) is 13.0 Å². The van der Waals surface area contributed by atoms with Gasteiger partial charge in [0.1, 0.15) is 0 Å². The predicted molar refractivity (Wildman–Crippen MR) is 80.4 cm³/mol. The number of thiazole rings is 1. The summed E-state index contributed by atoms with van der Waals surface area (Å²) in [6.45, 7) is 5.39. The summed E-state index contributed by atoms with van der Waals surface area (Å²) < 4.78 is 3.65. The second-order valence-electron chi connectivity index (χ2n) is 5.35. The highest BCUT2D eigenvalue weighted by Crippen LogP contribution is 2.15. The van der Waals surface area contributed by atoms with Gasteiger partial charge in [-0.1, -0.05) is 0 Å². The van der Waals surface area contributed by atoms with E-state index >= 15 is 0 Å². The Kier molecular flexibility index (Phi) is 2.90. The van der Waals surface area contributed by atoms with Crippen LogP contribution in [0.25, 0.3) is 4.96 Å². The molecule has 4 rings (SSSR count). The zero-order chi connectivity index (χ0) is 14.4. The van der Waals surface area contributed by atoms with Gasteiger partial charge < -0.3 is 0 Å². The van der Waals surface area contributed by atoms with Crippen LogP contribution in [0.15, 0.2) is 28.5 Å². The standard InChI is InChI=1S/C14H15N5OS/c1-10-6-12-9-17(2-3-19(12)16-10)8-11-7-13(20)18-4-5-21-14(18)15-11/h4-7H,2-3,8-9H2,1H3. The molecular weight excluding hydrogens is 286 g/mol. The van der Waals surface area contributed by atoms with Crippen LogP contribution in [0, 0.1) is 6.92 Å². The van der Waals surface area contributed by atoms with Crippen LogP contribution < -0.4 is 5.56 Å². The first kappa shape index (κ1) is 12.7. The molecule has 6 nitrogen and oxygen atoms in total. The van der Waals surface area contributed by atoms with Gasteiger partial charge in [0, 0.05) is 37.3 Å². The fourth-order valence-electron chi connectivity index (χ4n) is 2.80. The topological polar surface area (TPSA) is 55.4 Å². The minimum Gasteiger partial charge on any atom is -0.290 e. The van der Waals surface area contributed by atoms with Gasteiger partial charge in [0.2, 0.25) is 0 Å². The first-order chi connectivity index (χ1) is 10.2. The van der Waals surface area contributed by atoms with Crippen molar-refractivity contribution in [3.05, 3.63) is 51.1 Å². The van der Waals surface area contributed by atoms with Crippen molar-refractivity contribution in [3.8, 4) is 0 Å². The average molecular weight is 301 g/mol. The molecule has 0 atom stereocenters. The number of aryl methyl sites for hydroxylation is 1. The molecule has 0 aromatic carbocycles. The van der Waals surface area contributed by atoms with E-state index in [1.165, 1.54) is 17.0 Å². The number of rotatable bonds is 2. The zero-order valence-corrected chi connectivity index (χ0v) is 12.5. The Hall–Kier alpha value is -1.99. The Morgan fingerprint density at radius 2 is 2.24 bits per heavy atom. The highest BCUT2D eigenvalue weighted by Gasteiger charge is 2.18. The molecule has 0 unspecified atom stereocenters. The molecule has 21 heavy (non-hydrogen) atoms. The van der Waals surface area contributed by atoms with Gasteiger partial charge in [0.05, 0.1) is 23.6 Å². The second-order valence-corrected chi connectivity index (χ2v) is 6.23. The summed E-state index contributed by atoms with van der Waals surface area (Å²) in [5.41, 5.74) is 3.12. The van der Waals surface area contributed by atoms with Crippen molar-refractivity contribution in [3.63, 3.8) is 0 Å². The first-order valence-corrected chi connectivity index (χ1v) is 7.78. The maximum atomic E-state index is 12.0. The van der Waals surface area contributed by atoms with Crippen molar-refractivity contribution < 1.29 is 0 Å². The lowest BCUT2D eigenvalue weighted by Gasteiger charge is -2.27. The summed E-state index contributed by atoms with van der Waals surface area (Å²) in [5.74, 6) is 0. The Bertz CT molecular complexity index is 862. The summed E-state index contributed by atoms with van der Waals surface area (Å²) in [6, 6.07) is 3.76.